The molecule has 1 aliphatic rings. The summed E-state index contributed by atoms with van der Waals surface area (Å²) in [7, 11) is 0. The molecule has 1 heteroatoms. The molecule has 2 aromatic carbocycles. The van der Waals surface area contributed by atoms with Crippen molar-refractivity contribution >= 4 is 16.7 Å². The maximum absolute atomic E-state index is 4.45. The van der Waals surface area contributed by atoms with Crippen LogP contribution in [-0.4, -0.2) is 6.26 Å². The lowest BCUT2D eigenvalue weighted by molar-refractivity contribution is 0.711. The highest BCUT2D eigenvalue weighted by atomic mass is 32.2. The van der Waals surface area contributed by atoms with Gasteiger partial charge in [0.15, 0.2) is 0 Å². The Morgan fingerprint density at radius 1 is 0.966 bits per heavy atom. The van der Waals surface area contributed by atoms with E-state index < -0.39 is 0 Å². The van der Waals surface area contributed by atoms with Crippen molar-refractivity contribution in [1.82, 2.24) is 0 Å². The Labute approximate surface area is 182 Å². The van der Waals surface area contributed by atoms with Gasteiger partial charge in [0, 0.05) is 4.91 Å². The zero-order valence-corrected chi connectivity index (χ0v) is 19.7. The predicted octanol–water partition coefficient (Wildman–Crippen LogP) is 8.02. The first kappa shape index (κ1) is 22.0. The van der Waals surface area contributed by atoms with E-state index in [0.29, 0.717) is 5.92 Å². The summed E-state index contributed by atoms with van der Waals surface area (Å²) in [6.07, 6.45) is 12.1. The molecule has 29 heavy (non-hydrogen) atoms. The monoisotopic (exact) mass is 404 g/mol. The van der Waals surface area contributed by atoms with Gasteiger partial charge in [0.05, 0.1) is 0 Å². The Morgan fingerprint density at radius 2 is 1.66 bits per heavy atom. The second-order valence-electron chi connectivity index (χ2n) is 8.77. The lowest BCUT2D eigenvalue weighted by Gasteiger charge is -2.17. The van der Waals surface area contributed by atoms with Crippen molar-refractivity contribution in [1.29, 1.82) is 0 Å². The number of allylic oxidation sites excluding steroid dienone is 2. The van der Waals surface area contributed by atoms with Crippen LogP contribution in [0.15, 0.2) is 48.6 Å². The fourth-order valence-electron chi connectivity index (χ4n) is 4.31. The van der Waals surface area contributed by atoms with Gasteiger partial charge in [-0.2, -0.15) is 0 Å². The molecule has 0 N–H and O–H groups in total. The maximum atomic E-state index is 4.45. The second-order valence-corrected chi connectivity index (χ2v) is 9.61. The highest BCUT2D eigenvalue weighted by Gasteiger charge is 2.13. The third-order valence-corrected chi connectivity index (χ3v) is 7.33. The average Bonchev–Trinajstić information content (AvgIpc) is 2.94. The Hall–Kier alpha value is -1.73. The van der Waals surface area contributed by atoms with Crippen LogP contribution in [0.4, 0.5) is 0 Å². The second kappa shape index (κ2) is 9.85. The number of hydrogen-bond acceptors (Lipinski definition) is 1. The maximum Gasteiger partial charge on any atom is 0.0108 e. The van der Waals surface area contributed by atoms with Gasteiger partial charge in [-0.25, -0.2) is 0 Å². The standard InChI is InChI=1S/C28H36S/c1-19-14-23(5)27(15-20(19)2)16-21(3)22(4)17-28(29-6)26-13-12-24-10-8-7-9-11-25(24)18-26/h12-15,17-18,22H,3,7-11,16H2,1-2,4-6H3/b28-17-. The number of fused-ring (bicyclic) bond motifs is 1. The fraction of sp³-hybridized carbons (Fsp3) is 0.429. The molecule has 2 aromatic rings. The molecule has 0 aliphatic heterocycles. The van der Waals surface area contributed by atoms with Gasteiger partial charge in [-0.05, 0) is 104 Å². The molecule has 1 atom stereocenters. The third kappa shape index (κ3) is 5.45. The summed E-state index contributed by atoms with van der Waals surface area (Å²) in [5.74, 6) is 0.359. The van der Waals surface area contributed by atoms with Crippen LogP contribution in [-0.2, 0) is 19.3 Å². The normalized spacial score (nSPS) is 15.6. The van der Waals surface area contributed by atoms with Gasteiger partial charge in [0.2, 0.25) is 0 Å². The number of benzene rings is 2. The molecule has 0 radical (unpaired) electrons. The smallest absolute Gasteiger partial charge is 0.0108 e. The highest BCUT2D eigenvalue weighted by molar-refractivity contribution is 8.07. The summed E-state index contributed by atoms with van der Waals surface area (Å²) in [4.78, 5) is 1.38. The zero-order chi connectivity index (χ0) is 21.0. The van der Waals surface area contributed by atoms with E-state index in [1.54, 1.807) is 11.1 Å². The minimum absolute atomic E-state index is 0.359. The largest absolute Gasteiger partial charge is 0.129 e. The predicted molar refractivity (Wildman–Crippen MR) is 132 cm³/mol. The third-order valence-electron chi connectivity index (χ3n) is 6.52. The van der Waals surface area contributed by atoms with Crippen molar-refractivity contribution in [3.63, 3.8) is 0 Å². The molecule has 0 bridgehead atoms. The number of aryl methyl sites for hydroxylation is 5. The molecule has 1 unspecified atom stereocenters. The molecule has 3 rings (SSSR count). The molecule has 0 aromatic heterocycles. The number of hydrogen-bond donors (Lipinski definition) is 0. The topological polar surface area (TPSA) is 0 Å². The van der Waals surface area contributed by atoms with Gasteiger partial charge in [0.25, 0.3) is 0 Å². The van der Waals surface area contributed by atoms with Crippen LogP contribution in [0, 0.1) is 26.7 Å². The van der Waals surface area contributed by atoms with E-state index >= 15 is 0 Å². The van der Waals surface area contributed by atoms with E-state index in [2.05, 4.69) is 76.9 Å². The fourth-order valence-corrected chi connectivity index (χ4v) is 5.01. The molecule has 1 aliphatic carbocycles. The minimum atomic E-state index is 0.359. The Kier molecular flexibility index (Phi) is 7.46. The molecule has 0 saturated heterocycles. The van der Waals surface area contributed by atoms with Gasteiger partial charge in [0.1, 0.15) is 0 Å². The lowest BCUT2D eigenvalue weighted by Crippen LogP contribution is -2.02. The Morgan fingerprint density at radius 3 is 2.38 bits per heavy atom. The van der Waals surface area contributed by atoms with Crippen LogP contribution in [0.5, 0.6) is 0 Å². The van der Waals surface area contributed by atoms with Gasteiger partial charge >= 0.3 is 0 Å². The van der Waals surface area contributed by atoms with Crippen molar-refractivity contribution in [2.24, 2.45) is 5.92 Å². The molecular weight excluding hydrogens is 368 g/mol. The van der Waals surface area contributed by atoms with Crippen molar-refractivity contribution in [2.45, 2.75) is 66.2 Å². The summed E-state index contributed by atoms with van der Waals surface area (Å²) in [5.41, 5.74) is 11.3. The van der Waals surface area contributed by atoms with Crippen molar-refractivity contribution in [2.75, 3.05) is 6.26 Å². The van der Waals surface area contributed by atoms with E-state index in [4.69, 9.17) is 0 Å². The average molecular weight is 405 g/mol. The van der Waals surface area contributed by atoms with Gasteiger partial charge in [-0.3, -0.25) is 0 Å². The van der Waals surface area contributed by atoms with Crippen LogP contribution >= 0.6 is 11.8 Å². The first-order valence-corrected chi connectivity index (χ1v) is 12.2. The zero-order valence-electron chi connectivity index (χ0n) is 18.9. The van der Waals surface area contributed by atoms with Crippen LogP contribution in [0.3, 0.4) is 0 Å². The number of rotatable bonds is 6. The summed E-state index contributed by atoms with van der Waals surface area (Å²) < 4.78 is 0. The molecule has 0 fully saturated rings. The molecule has 154 valence electrons. The van der Waals surface area contributed by atoms with E-state index in [1.165, 1.54) is 70.4 Å². The van der Waals surface area contributed by atoms with Crippen molar-refractivity contribution in [3.05, 3.63) is 87.5 Å². The molecule has 0 amide bonds. The quantitative estimate of drug-likeness (QED) is 0.347. The minimum Gasteiger partial charge on any atom is -0.129 e. The Balaban J connectivity index is 1.79. The first-order valence-electron chi connectivity index (χ1n) is 11.0. The van der Waals surface area contributed by atoms with Crippen LogP contribution in [0.25, 0.3) is 4.91 Å². The van der Waals surface area contributed by atoms with E-state index in [1.807, 2.05) is 11.8 Å². The summed E-state index contributed by atoms with van der Waals surface area (Å²) in [6, 6.07) is 11.8. The van der Waals surface area contributed by atoms with Crippen molar-refractivity contribution in [3.8, 4) is 0 Å². The van der Waals surface area contributed by atoms with Gasteiger partial charge < -0.3 is 0 Å². The molecule has 0 saturated carbocycles. The van der Waals surface area contributed by atoms with Crippen LogP contribution in [0.2, 0.25) is 0 Å². The van der Waals surface area contributed by atoms with Gasteiger partial charge in [-0.15, -0.1) is 11.8 Å². The van der Waals surface area contributed by atoms with Crippen molar-refractivity contribution < 1.29 is 0 Å². The van der Waals surface area contributed by atoms with Crippen LogP contribution < -0.4 is 0 Å². The molecule has 0 spiro atoms. The van der Waals surface area contributed by atoms with Gasteiger partial charge in [-0.1, -0.05) is 61.9 Å². The van der Waals surface area contributed by atoms with E-state index in [-0.39, 0.29) is 0 Å². The molecular formula is C28H36S. The highest BCUT2D eigenvalue weighted by Crippen LogP contribution is 2.32. The summed E-state index contributed by atoms with van der Waals surface area (Å²) in [6.45, 7) is 13.4. The summed E-state index contributed by atoms with van der Waals surface area (Å²) in [5, 5.41) is 0. The Bertz CT molecular complexity index is 916. The lowest BCUT2D eigenvalue weighted by atomic mass is 9.90. The van der Waals surface area contributed by atoms with Crippen LogP contribution in [0.1, 0.15) is 65.1 Å². The molecule has 0 heterocycles. The van der Waals surface area contributed by atoms with E-state index in [0.717, 1.165) is 6.42 Å². The SMILES string of the molecule is C=C(Cc1cc(C)c(C)cc1C)C(C)/C=C(\SC)c1ccc2c(c1)CCCCC2. The van der Waals surface area contributed by atoms with E-state index in [9.17, 15) is 0 Å². The molecule has 0 nitrogen and oxygen atoms in total. The first-order chi connectivity index (χ1) is 13.9. The number of thioether (sulfide) groups is 1. The summed E-state index contributed by atoms with van der Waals surface area (Å²) >= 11 is 1.86.